The number of nitrogens with zero attached hydrogens (tertiary/aromatic N) is 1. The molecule has 1 aliphatic rings. The molecule has 0 atom stereocenters. The maximum Gasteiger partial charge on any atom is 0.271 e. The fourth-order valence-corrected chi connectivity index (χ4v) is 1.30. The van der Waals surface area contributed by atoms with Gasteiger partial charge < -0.3 is 5.32 Å². The van der Waals surface area contributed by atoms with Crippen LogP contribution in [0.1, 0.15) is 26.7 Å². The highest BCUT2D eigenvalue weighted by Crippen LogP contribution is 2.31. The second-order valence-electron chi connectivity index (χ2n) is 3.68. The van der Waals surface area contributed by atoms with E-state index in [1.165, 1.54) is 0 Å². The second-order valence-corrected chi connectivity index (χ2v) is 3.68. The molecule has 18 heavy (non-hydrogen) atoms. The Balaban J connectivity index is 0.000000771. The average Bonchev–Trinajstić information content (AvgIpc) is 3.18. The molecule has 6 heteroatoms. The van der Waals surface area contributed by atoms with Crippen LogP contribution >= 0.6 is 0 Å². The Kier molecular flexibility index (Phi) is 4.76. The zero-order valence-electron chi connectivity index (χ0n) is 10.3. The molecule has 2 rings (SSSR count). The summed E-state index contributed by atoms with van der Waals surface area (Å²) >= 11 is 0. The molecular formula is C12H15FN2O3. The molecule has 0 radical (unpaired) electrons. The van der Waals surface area contributed by atoms with E-state index in [0.717, 1.165) is 31.0 Å². The summed E-state index contributed by atoms with van der Waals surface area (Å²) in [5.74, 6) is -1.02. The molecule has 1 aliphatic carbocycles. The number of amides is 1. The first-order valence-corrected chi connectivity index (χ1v) is 5.83. The van der Waals surface area contributed by atoms with Crippen molar-refractivity contribution in [3.63, 3.8) is 0 Å². The molecule has 98 valence electrons. The smallest absolute Gasteiger partial charge is 0.271 e. The number of nitro groups is 1. The molecule has 0 aliphatic heterocycles. The topological polar surface area (TPSA) is 72.2 Å². The minimum Gasteiger partial charge on any atom is -0.323 e. The SMILES string of the molecule is CC.O=C(Nc1cc([N+](=O)[O-])ccc1F)C1CC1. The lowest BCUT2D eigenvalue weighted by Gasteiger charge is -2.04. The molecule has 0 saturated heterocycles. The lowest BCUT2D eigenvalue weighted by Crippen LogP contribution is -2.14. The maximum atomic E-state index is 13.2. The van der Waals surface area contributed by atoms with Crippen LogP contribution in [-0.2, 0) is 4.79 Å². The van der Waals surface area contributed by atoms with Crippen molar-refractivity contribution in [2.45, 2.75) is 26.7 Å². The number of carbonyl (C=O) groups is 1. The zero-order valence-corrected chi connectivity index (χ0v) is 10.3. The largest absolute Gasteiger partial charge is 0.323 e. The van der Waals surface area contributed by atoms with Crippen LogP contribution in [0, 0.1) is 21.8 Å². The third kappa shape index (κ3) is 3.51. The van der Waals surface area contributed by atoms with E-state index in [1.54, 1.807) is 0 Å². The predicted molar refractivity (Wildman–Crippen MR) is 65.8 cm³/mol. The Labute approximate surface area is 104 Å². The van der Waals surface area contributed by atoms with Crippen molar-refractivity contribution >= 4 is 17.3 Å². The van der Waals surface area contributed by atoms with Crippen LogP contribution in [0.25, 0.3) is 0 Å². The highest BCUT2D eigenvalue weighted by atomic mass is 19.1. The van der Waals surface area contributed by atoms with E-state index >= 15 is 0 Å². The summed E-state index contributed by atoms with van der Waals surface area (Å²) in [6, 6.07) is 3.05. The van der Waals surface area contributed by atoms with Gasteiger partial charge in [0, 0.05) is 18.1 Å². The summed E-state index contributed by atoms with van der Waals surface area (Å²) in [6.45, 7) is 4.00. The normalized spacial score (nSPS) is 13.3. The molecule has 0 unspecified atom stereocenters. The van der Waals surface area contributed by atoms with Crippen LogP contribution in [0.3, 0.4) is 0 Å². The lowest BCUT2D eigenvalue weighted by atomic mass is 10.2. The number of rotatable bonds is 3. The molecule has 1 fully saturated rings. The van der Waals surface area contributed by atoms with Crippen LogP contribution < -0.4 is 5.32 Å². The van der Waals surface area contributed by atoms with E-state index in [2.05, 4.69) is 5.32 Å². The molecule has 0 aromatic heterocycles. The average molecular weight is 254 g/mol. The Hall–Kier alpha value is -1.98. The summed E-state index contributed by atoms with van der Waals surface area (Å²) in [6.07, 6.45) is 1.59. The molecule has 1 saturated carbocycles. The van der Waals surface area contributed by atoms with Gasteiger partial charge in [-0.15, -0.1) is 0 Å². The summed E-state index contributed by atoms with van der Waals surface area (Å²) in [5, 5.41) is 12.8. The molecule has 1 N–H and O–H groups in total. The Morgan fingerprint density at radius 3 is 2.56 bits per heavy atom. The maximum absolute atomic E-state index is 13.2. The Morgan fingerprint density at radius 2 is 2.06 bits per heavy atom. The lowest BCUT2D eigenvalue weighted by molar-refractivity contribution is -0.384. The predicted octanol–water partition coefficient (Wildman–Crippen LogP) is 3.11. The van der Waals surface area contributed by atoms with Gasteiger partial charge in [-0.1, -0.05) is 13.8 Å². The highest BCUT2D eigenvalue weighted by Gasteiger charge is 2.30. The minimum absolute atomic E-state index is 0.0707. The number of nitrogens with one attached hydrogen (secondary N) is 1. The fraction of sp³-hybridized carbons (Fsp3) is 0.417. The Bertz CT molecular complexity index is 459. The van der Waals surface area contributed by atoms with Gasteiger partial charge in [-0.25, -0.2) is 4.39 Å². The summed E-state index contributed by atoms with van der Waals surface area (Å²) in [5.41, 5.74) is -0.376. The quantitative estimate of drug-likeness (QED) is 0.665. The van der Waals surface area contributed by atoms with E-state index in [1.807, 2.05) is 13.8 Å². The molecule has 5 nitrogen and oxygen atoms in total. The molecule has 1 amide bonds. The number of non-ortho nitro benzene ring substituents is 1. The summed E-state index contributed by atoms with van der Waals surface area (Å²) in [4.78, 5) is 21.2. The first kappa shape index (κ1) is 14.1. The van der Waals surface area contributed by atoms with Gasteiger partial charge in [-0.2, -0.15) is 0 Å². The van der Waals surface area contributed by atoms with Gasteiger partial charge in [0.1, 0.15) is 5.82 Å². The van der Waals surface area contributed by atoms with Gasteiger partial charge in [-0.05, 0) is 18.9 Å². The monoisotopic (exact) mass is 254 g/mol. The van der Waals surface area contributed by atoms with Gasteiger partial charge in [0.05, 0.1) is 10.6 Å². The van der Waals surface area contributed by atoms with Gasteiger partial charge >= 0.3 is 0 Å². The molecule has 1 aromatic rings. The van der Waals surface area contributed by atoms with Crippen molar-refractivity contribution in [3.05, 3.63) is 34.1 Å². The van der Waals surface area contributed by atoms with Gasteiger partial charge in [0.2, 0.25) is 5.91 Å². The van der Waals surface area contributed by atoms with Crippen LogP contribution in [0.5, 0.6) is 0 Å². The molecule has 0 bridgehead atoms. The molecule has 0 heterocycles. The number of hydrogen-bond donors (Lipinski definition) is 1. The Morgan fingerprint density at radius 1 is 1.44 bits per heavy atom. The van der Waals surface area contributed by atoms with Gasteiger partial charge in [0.15, 0.2) is 0 Å². The third-order valence-electron chi connectivity index (χ3n) is 2.37. The fourth-order valence-electron chi connectivity index (χ4n) is 1.30. The van der Waals surface area contributed by atoms with Crippen molar-refractivity contribution in [2.24, 2.45) is 5.92 Å². The van der Waals surface area contributed by atoms with Crippen LogP contribution in [0.4, 0.5) is 15.8 Å². The van der Waals surface area contributed by atoms with Crippen molar-refractivity contribution in [1.82, 2.24) is 0 Å². The summed E-state index contributed by atoms with van der Waals surface area (Å²) in [7, 11) is 0. The number of nitro benzene ring substituents is 1. The van der Waals surface area contributed by atoms with Gasteiger partial charge in [-0.3, -0.25) is 14.9 Å². The van der Waals surface area contributed by atoms with Crippen molar-refractivity contribution in [1.29, 1.82) is 0 Å². The molecule has 1 aromatic carbocycles. The number of hydrogen-bond acceptors (Lipinski definition) is 3. The molecular weight excluding hydrogens is 239 g/mol. The van der Waals surface area contributed by atoms with Crippen LogP contribution in [0.2, 0.25) is 0 Å². The van der Waals surface area contributed by atoms with Crippen molar-refractivity contribution in [3.8, 4) is 0 Å². The van der Waals surface area contributed by atoms with Crippen molar-refractivity contribution < 1.29 is 14.1 Å². The molecule has 0 spiro atoms. The van der Waals surface area contributed by atoms with E-state index in [-0.39, 0.29) is 23.2 Å². The van der Waals surface area contributed by atoms with Crippen LogP contribution in [0.15, 0.2) is 18.2 Å². The van der Waals surface area contributed by atoms with E-state index < -0.39 is 10.7 Å². The standard InChI is InChI=1S/C10H9FN2O3.C2H6/c11-8-4-3-7(13(15)16)5-9(8)12-10(14)6-1-2-6;1-2/h3-6H,1-2H2,(H,12,14);1-2H3. The minimum atomic E-state index is -0.667. The zero-order chi connectivity index (χ0) is 13.7. The number of benzene rings is 1. The van der Waals surface area contributed by atoms with Crippen LogP contribution in [-0.4, -0.2) is 10.8 Å². The van der Waals surface area contributed by atoms with E-state index in [9.17, 15) is 19.3 Å². The first-order valence-electron chi connectivity index (χ1n) is 5.83. The first-order chi connectivity index (χ1) is 8.58. The third-order valence-corrected chi connectivity index (χ3v) is 2.37. The number of carbonyl (C=O) groups excluding carboxylic acids is 1. The van der Waals surface area contributed by atoms with E-state index in [4.69, 9.17) is 0 Å². The number of halogens is 1. The highest BCUT2D eigenvalue weighted by molar-refractivity contribution is 5.94. The van der Waals surface area contributed by atoms with Crippen molar-refractivity contribution in [2.75, 3.05) is 5.32 Å². The second kappa shape index (κ2) is 6.09. The van der Waals surface area contributed by atoms with E-state index in [0.29, 0.717) is 0 Å². The number of anilines is 1. The van der Waals surface area contributed by atoms with Gasteiger partial charge in [0.25, 0.3) is 5.69 Å². The summed E-state index contributed by atoms with van der Waals surface area (Å²) < 4.78 is 13.2.